The van der Waals surface area contributed by atoms with Gasteiger partial charge in [0.1, 0.15) is 16.7 Å². The van der Waals surface area contributed by atoms with E-state index in [1.807, 2.05) is 29.2 Å². The van der Waals surface area contributed by atoms with Gasteiger partial charge in [0, 0.05) is 18.7 Å². The monoisotopic (exact) mass is 413 g/mol. The fraction of sp³-hybridized carbons (Fsp3) is 0.333. The van der Waals surface area contributed by atoms with Crippen LogP contribution >= 0.6 is 0 Å². The topological polar surface area (TPSA) is 88.1 Å². The Balaban J connectivity index is 1.54. The second kappa shape index (κ2) is 7.87. The number of ether oxygens (including phenoxy) is 1. The van der Waals surface area contributed by atoms with Gasteiger partial charge < -0.3 is 15.0 Å². The van der Waals surface area contributed by atoms with Crippen LogP contribution in [0.1, 0.15) is 30.4 Å². The van der Waals surface area contributed by atoms with E-state index in [1.54, 1.807) is 31.4 Å². The van der Waals surface area contributed by atoms with Gasteiger partial charge in [-0.3, -0.25) is 4.79 Å². The van der Waals surface area contributed by atoms with Crippen LogP contribution in [0.5, 0.6) is 5.75 Å². The van der Waals surface area contributed by atoms with Crippen LogP contribution in [0.25, 0.3) is 0 Å². The molecule has 1 atom stereocenters. The van der Waals surface area contributed by atoms with E-state index in [-0.39, 0.29) is 10.8 Å². The third-order valence-electron chi connectivity index (χ3n) is 5.29. The second-order valence-electron chi connectivity index (χ2n) is 7.16. The zero-order valence-electron chi connectivity index (χ0n) is 16.2. The van der Waals surface area contributed by atoms with Gasteiger partial charge in [-0.15, -0.1) is 4.40 Å². The SMILES string of the molecule is COc1cccc(CNC(=O)[C@H]2CCCCN2C2=NS(=O)(=O)c3ccccc32)c1. The number of piperidine rings is 1. The van der Waals surface area contributed by atoms with Gasteiger partial charge in [0.25, 0.3) is 10.0 Å². The maximum Gasteiger partial charge on any atom is 0.285 e. The van der Waals surface area contributed by atoms with Crippen molar-refractivity contribution < 1.29 is 17.9 Å². The number of hydrogen-bond donors (Lipinski definition) is 1. The van der Waals surface area contributed by atoms with Gasteiger partial charge in [-0.25, -0.2) is 0 Å². The van der Waals surface area contributed by atoms with Crippen LogP contribution in [-0.2, 0) is 21.4 Å². The van der Waals surface area contributed by atoms with Crippen molar-refractivity contribution in [2.45, 2.75) is 36.7 Å². The van der Waals surface area contributed by atoms with Crippen LogP contribution in [0.3, 0.4) is 0 Å². The minimum Gasteiger partial charge on any atom is -0.497 e. The lowest BCUT2D eigenvalue weighted by atomic mass is 9.99. The molecule has 1 fully saturated rings. The summed E-state index contributed by atoms with van der Waals surface area (Å²) in [5.74, 6) is 0.983. The number of fused-ring (bicyclic) bond motifs is 1. The van der Waals surface area contributed by atoms with Crippen molar-refractivity contribution in [3.05, 3.63) is 59.7 Å². The molecule has 0 aromatic heterocycles. The number of amides is 1. The van der Waals surface area contributed by atoms with Crippen LogP contribution in [0, 0.1) is 0 Å². The van der Waals surface area contributed by atoms with Gasteiger partial charge in [0.05, 0.1) is 7.11 Å². The lowest BCUT2D eigenvalue weighted by Gasteiger charge is -2.36. The molecule has 8 heteroatoms. The Kier molecular flexibility index (Phi) is 5.27. The summed E-state index contributed by atoms with van der Waals surface area (Å²) in [6.45, 7) is 0.974. The Hall–Kier alpha value is -2.87. The number of likely N-dealkylation sites (tertiary alicyclic amines) is 1. The molecule has 2 aromatic carbocycles. The molecule has 1 saturated heterocycles. The van der Waals surface area contributed by atoms with E-state index in [4.69, 9.17) is 4.74 Å². The van der Waals surface area contributed by atoms with E-state index in [9.17, 15) is 13.2 Å². The minimum atomic E-state index is -3.72. The highest BCUT2D eigenvalue weighted by molar-refractivity contribution is 7.90. The fourth-order valence-electron chi connectivity index (χ4n) is 3.84. The number of benzene rings is 2. The normalized spacial score (nSPS) is 20.0. The molecule has 2 heterocycles. The van der Waals surface area contributed by atoms with Crippen molar-refractivity contribution in [2.75, 3.05) is 13.7 Å². The summed E-state index contributed by atoms with van der Waals surface area (Å²) in [5.41, 5.74) is 1.51. The van der Waals surface area contributed by atoms with Crippen LogP contribution in [0.2, 0.25) is 0 Å². The molecule has 0 bridgehead atoms. The Labute approximate surface area is 170 Å². The molecule has 2 aliphatic rings. The Morgan fingerprint density at radius 2 is 2.03 bits per heavy atom. The first-order valence-corrected chi connectivity index (χ1v) is 11.1. The van der Waals surface area contributed by atoms with Crippen molar-refractivity contribution in [2.24, 2.45) is 4.40 Å². The highest BCUT2D eigenvalue weighted by atomic mass is 32.2. The molecule has 2 aliphatic heterocycles. The molecule has 29 heavy (non-hydrogen) atoms. The third kappa shape index (κ3) is 3.85. The third-order valence-corrected chi connectivity index (χ3v) is 6.62. The molecule has 0 spiro atoms. The minimum absolute atomic E-state index is 0.128. The highest BCUT2D eigenvalue weighted by Crippen LogP contribution is 2.30. The van der Waals surface area contributed by atoms with Crippen molar-refractivity contribution >= 4 is 21.8 Å². The summed E-state index contributed by atoms with van der Waals surface area (Å²) in [5, 5.41) is 2.98. The van der Waals surface area contributed by atoms with Gasteiger partial charge in [-0.1, -0.05) is 24.3 Å². The molecule has 7 nitrogen and oxygen atoms in total. The molecule has 0 saturated carbocycles. The molecule has 4 rings (SSSR count). The first-order valence-electron chi connectivity index (χ1n) is 9.61. The maximum absolute atomic E-state index is 13.0. The highest BCUT2D eigenvalue weighted by Gasteiger charge is 2.37. The van der Waals surface area contributed by atoms with Crippen molar-refractivity contribution in [3.63, 3.8) is 0 Å². The van der Waals surface area contributed by atoms with Crippen LogP contribution in [0.4, 0.5) is 0 Å². The average molecular weight is 413 g/mol. The van der Waals surface area contributed by atoms with Gasteiger partial charge in [0.15, 0.2) is 5.84 Å². The van der Waals surface area contributed by atoms with Crippen LogP contribution in [-0.4, -0.2) is 44.8 Å². The molecule has 1 amide bonds. The average Bonchev–Trinajstić information content (AvgIpc) is 3.03. The van der Waals surface area contributed by atoms with E-state index < -0.39 is 16.1 Å². The zero-order chi connectivity index (χ0) is 20.4. The zero-order valence-corrected chi connectivity index (χ0v) is 17.0. The number of nitrogens with one attached hydrogen (secondary N) is 1. The van der Waals surface area contributed by atoms with E-state index in [0.29, 0.717) is 30.9 Å². The number of carbonyl (C=O) groups excluding carboxylic acids is 1. The molecule has 152 valence electrons. The van der Waals surface area contributed by atoms with E-state index in [2.05, 4.69) is 9.71 Å². The van der Waals surface area contributed by atoms with Crippen LogP contribution in [0.15, 0.2) is 57.8 Å². The number of amidine groups is 1. The lowest BCUT2D eigenvalue weighted by molar-refractivity contribution is -0.126. The number of methoxy groups -OCH3 is 1. The molecule has 0 unspecified atom stereocenters. The predicted octanol–water partition coefficient (Wildman–Crippen LogP) is 2.32. The summed E-state index contributed by atoms with van der Waals surface area (Å²) in [7, 11) is -2.11. The smallest absolute Gasteiger partial charge is 0.285 e. The molecule has 0 aliphatic carbocycles. The lowest BCUT2D eigenvalue weighted by Crippen LogP contribution is -2.51. The largest absolute Gasteiger partial charge is 0.497 e. The number of carbonyl (C=O) groups is 1. The number of hydrogen-bond acceptors (Lipinski definition) is 5. The Bertz CT molecular complexity index is 1070. The number of sulfonamides is 1. The van der Waals surface area contributed by atoms with Gasteiger partial charge in [-0.2, -0.15) is 8.42 Å². The van der Waals surface area contributed by atoms with E-state index >= 15 is 0 Å². The first-order chi connectivity index (χ1) is 14.0. The fourth-order valence-corrected chi connectivity index (χ4v) is 5.06. The van der Waals surface area contributed by atoms with Gasteiger partial charge in [0.2, 0.25) is 5.91 Å². The summed E-state index contributed by atoms with van der Waals surface area (Å²) in [4.78, 5) is 15.0. The quantitative estimate of drug-likeness (QED) is 0.831. The second-order valence-corrected chi connectivity index (χ2v) is 8.73. The Morgan fingerprint density at radius 3 is 2.86 bits per heavy atom. The van der Waals surface area contributed by atoms with E-state index in [1.165, 1.54) is 0 Å². The van der Waals surface area contributed by atoms with Crippen molar-refractivity contribution in [1.29, 1.82) is 0 Å². The molecule has 1 N–H and O–H groups in total. The predicted molar refractivity (Wildman–Crippen MR) is 109 cm³/mol. The summed E-state index contributed by atoms with van der Waals surface area (Å²) in [6.07, 6.45) is 2.46. The van der Waals surface area contributed by atoms with Crippen molar-refractivity contribution in [1.82, 2.24) is 10.2 Å². The standard InChI is InChI=1S/C21H23N3O4S/c1-28-16-8-6-7-15(13-16)14-22-21(25)18-10-4-5-12-24(18)20-17-9-2-3-11-19(17)29(26,27)23-20/h2-3,6-9,11,13,18H,4-5,10,12,14H2,1H3,(H,22,25)/t18-/m1/s1. The van der Waals surface area contributed by atoms with E-state index in [0.717, 1.165) is 24.2 Å². The van der Waals surface area contributed by atoms with Crippen molar-refractivity contribution in [3.8, 4) is 5.75 Å². The molecule has 2 aromatic rings. The Morgan fingerprint density at radius 1 is 1.21 bits per heavy atom. The summed E-state index contributed by atoms with van der Waals surface area (Å²) >= 11 is 0. The number of nitrogens with zero attached hydrogens (tertiary/aromatic N) is 2. The summed E-state index contributed by atoms with van der Waals surface area (Å²) in [6, 6.07) is 13.9. The van der Waals surface area contributed by atoms with Gasteiger partial charge in [-0.05, 0) is 49.1 Å². The summed E-state index contributed by atoms with van der Waals surface area (Å²) < 4.78 is 34.1. The maximum atomic E-state index is 13.0. The first kappa shape index (κ1) is 19.4. The molecular formula is C21H23N3O4S. The van der Waals surface area contributed by atoms with Crippen LogP contribution < -0.4 is 10.1 Å². The van der Waals surface area contributed by atoms with Gasteiger partial charge >= 0.3 is 0 Å². The molecule has 0 radical (unpaired) electrons. The number of rotatable bonds is 4. The molecular weight excluding hydrogens is 390 g/mol.